The highest BCUT2D eigenvalue weighted by Gasteiger charge is 2.36. The molecule has 0 fully saturated rings. The third-order valence-electron chi connectivity index (χ3n) is 3.37. The van der Waals surface area contributed by atoms with Crippen LogP contribution in [-0.2, 0) is 4.79 Å². The fourth-order valence-corrected chi connectivity index (χ4v) is 2.38. The summed E-state index contributed by atoms with van der Waals surface area (Å²) in [6.45, 7) is 5.40. The van der Waals surface area contributed by atoms with Gasteiger partial charge in [-0.15, -0.1) is 0 Å². The quantitative estimate of drug-likeness (QED) is 0.580. The molecular weight excluding hydrogens is 355 g/mol. The normalized spacial score (nSPS) is 13.7. The Morgan fingerprint density at radius 3 is 2.22 bits per heavy atom. The number of halogens is 3. The number of nitrogens with one attached hydrogen (secondary N) is 2. The van der Waals surface area contributed by atoms with Crippen molar-refractivity contribution >= 4 is 57.2 Å². The maximum Gasteiger partial charge on any atom is 0.228 e. The molecule has 23 heavy (non-hydrogen) atoms. The highest BCUT2D eigenvalue weighted by Crippen LogP contribution is 2.33. The average Bonchev–Trinajstić information content (AvgIpc) is 2.44. The number of rotatable bonds is 3. The Morgan fingerprint density at radius 2 is 1.61 bits per heavy atom. The van der Waals surface area contributed by atoms with E-state index in [1.54, 1.807) is 20.8 Å². The highest BCUT2D eigenvalue weighted by atomic mass is 35.6. The lowest BCUT2D eigenvalue weighted by molar-refractivity contribution is -0.129. The van der Waals surface area contributed by atoms with Gasteiger partial charge in [0.1, 0.15) is 6.17 Å². The first-order valence-electron chi connectivity index (χ1n) is 7.21. The van der Waals surface area contributed by atoms with Crippen LogP contribution in [0.25, 0.3) is 10.8 Å². The van der Waals surface area contributed by atoms with Gasteiger partial charge in [0.15, 0.2) is 0 Å². The van der Waals surface area contributed by atoms with Crippen molar-refractivity contribution in [3.05, 3.63) is 42.5 Å². The van der Waals surface area contributed by atoms with Crippen molar-refractivity contribution in [2.45, 2.75) is 30.7 Å². The van der Waals surface area contributed by atoms with Gasteiger partial charge in [-0.1, -0.05) is 92.0 Å². The molecule has 1 amide bonds. The van der Waals surface area contributed by atoms with Crippen molar-refractivity contribution in [2.24, 2.45) is 5.41 Å². The van der Waals surface area contributed by atoms with Gasteiger partial charge in [0.2, 0.25) is 9.70 Å². The van der Waals surface area contributed by atoms with Crippen LogP contribution < -0.4 is 10.6 Å². The molecule has 0 unspecified atom stereocenters. The zero-order valence-corrected chi connectivity index (χ0v) is 15.4. The molecule has 124 valence electrons. The molecule has 0 radical (unpaired) electrons. The summed E-state index contributed by atoms with van der Waals surface area (Å²) in [5.74, 6) is -0.207. The largest absolute Gasteiger partial charge is 0.361 e. The van der Waals surface area contributed by atoms with Gasteiger partial charge in [0.05, 0.1) is 0 Å². The molecule has 2 N–H and O–H groups in total. The maximum absolute atomic E-state index is 12.2. The Morgan fingerprint density at radius 1 is 1.00 bits per heavy atom. The van der Waals surface area contributed by atoms with Gasteiger partial charge in [-0.05, 0) is 11.5 Å². The van der Waals surface area contributed by atoms with E-state index in [-0.39, 0.29) is 5.91 Å². The molecule has 0 aliphatic carbocycles. The number of benzene rings is 2. The number of hydrogen-bond acceptors (Lipinski definition) is 2. The van der Waals surface area contributed by atoms with Crippen LogP contribution in [0, 0.1) is 5.41 Å². The monoisotopic (exact) mass is 372 g/mol. The van der Waals surface area contributed by atoms with Crippen molar-refractivity contribution in [3.8, 4) is 0 Å². The maximum atomic E-state index is 12.2. The van der Waals surface area contributed by atoms with E-state index in [1.807, 2.05) is 42.5 Å². The van der Waals surface area contributed by atoms with Crippen molar-refractivity contribution in [1.82, 2.24) is 5.32 Å². The Balaban J connectivity index is 2.32. The summed E-state index contributed by atoms with van der Waals surface area (Å²) in [6, 6.07) is 13.7. The van der Waals surface area contributed by atoms with Crippen LogP contribution in [0.4, 0.5) is 5.69 Å². The second kappa shape index (κ2) is 6.76. The molecule has 0 aliphatic rings. The van der Waals surface area contributed by atoms with Gasteiger partial charge >= 0.3 is 0 Å². The molecule has 6 heteroatoms. The van der Waals surface area contributed by atoms with E-state index in [4.69, 9.17) is 34.8 Å². The lowest BCUT2D eigenvalue weighted by Gasteiger charge is -2.30. The Hall–Kier alpha value is -1.16. The number of anilines is 1. The zero-order chi connectivity index (χ0) is 17.3. The third kappa shape index (κ3) is 4.66. The number of amides is 1. The molecular formula is C17H19Cl3N2O. The van der Waals surface area contributed by atoms with Crippen LogP contribution in [0.5, 0.6) is 0 Å². The summed E-state index contributed by atoms with van der Waals surface area (Å²) in [7, 11) is 0. The summed E-state index contributed by atoms with van der Waals surface area (Å²) in [5.41, 5.74) is 0.197. The van der Waals surface area contributed by atoms with Gasteiger partial charge in [0.25, 0.3) is 0 Å². The molecule has 2 aromatic carbocycles. The van der Waals surface area contributed by atoms with Crippen molar-refractivity contribution in [2.75, 3.05) is 5.32 Å². The highest BCUT2D eigenvalue weighted by molar-refractivity contribution is 6.68. The van der Waals surface area contributed by atoms with Gasteiger partial charge in [-0.2, -0.15) is 0 Å². The standard InChI is InChI=1S/C17H19Cl3N2O/c1-16(2,3)15(23)22-14(17(18,19)20)21-13-10-6-8-11-7-4-5-9-12(11)13/h4-10,14,21H,1-3H3,(H,22,23)/t14-/m1/s1. The first-order chi connectivity index (χ1) is 10.6. The van der Waals surface area contributed by atoms with Crippen LogP contribution in [-0.4, -0.2) is 15.9 Å². The molecule has 0 aromatic heterocycles. The minimum Gasteiger partial charge on any atom is -0.361 e. The molecule has 0 bridgehead atoms. The second-order valence-corrected chi connectivity index (χ2v) is 8.74. The van der Waals surface area contributed by atoms with Gasteiger partial charge in [-0.25, -0.2) is 0 Å². The average molecular weight is 374 g/mol. The molecule has 0 saturated heterocycles. The number of hydrogen-bond donors (Lipinski definition) is 2. The lowest BCUT2D eigenvalue weighted by atomic mass is 9.95. The van der Waals surface area contributed by atoms with Crippen LogP contribution >= 0.6 is 34.8 Å². The van der Waals surface area contributed by atoms with Crippen LogP contribution in [0.2, 0.25) is 0 Å². The summed E-state index contributed by atoms with van der Waals surface area (Å²) in [5, 5.41) is 7.94. The van der Waals surface area contributed by atoms with Crippen molar-refractivity contribution in [1.29, 1.82) is 0 Å². The van der Waals surface area contributed by atoms with Gasteiger partial charge in [0, 0.05) is 16.5 Å². The third-order valence-corrected chi connectivity index (χ3v) is 4.03. The van der Waals surface area contributed by atoms with Crippen LogP contribution in [0.15, 0.2) is 42.5 Å². The summed E-state index contributed by atoms with van der Waals surface area (Å²) in [4.78, 5) is 12.2. The van der Waals surface area contributed by atoms with E-state index in [2.05, 4.69) is 10.6 Å². The number of carbonyl (C=O) groups excluding carboxylic acids is 1. The molecule has 0 heterocycles. The predicted octanol–water partition coefficient (Wildman–Crippen LogP) is 5.11. The predicted molar refractivity (Wildman–Crippen MR) is 99.2 cm³/mol. The van der Waals surface area contributed by atoms with Crippen LogP contribution in [0.3, 0.4) is 0 Å². The Labute approximate surface area is 151 Å². The minimum absolute atomic E-state index is 0.207. The summed E-state index contributed by atoms with van der Waals surface area (Å²) < 4.78 is -1.70. The first kappa shape index (κ1) is 18.2. The second-order valence-electron chi connectivity index (χ2n) is 6.37. The molecule has 2 aromatic rings. The van der Waals surface area contributed by atoms with E-state index in [0.29, 0.717) is 0 Å². The molecule has 3 nitrogen and oxygen atoms in total. The van der Waals surface area contributed by atoms with Crippen LogP contribution in [0.1, 0.15) is 20.8 Å². The fraction of sp³-hybridized carbons (Fsp3) is 0.353. The Kier molecular flexibility index (Phi) is 5.34. The summed E-state index contributed by atoms with van der Waals surface area (Å²) >= 11 is 18.1. The number of alkyl halides is 3. The molecule has 1 atom stereocenters. The van der Waals surface area contributed by atoms with Gasteiger partial charge < -0.3 is 10.6 Å². The summed E-state index contributed by atoms with van der Waals surface area (Å²) in [6.07, 6.45) is -0.856. The zero-order valence-electron chi connectivity index (χ0n) is 13.2. The SMILES string of the molecule is CC(C)(C)C(=O)N[C@@H](Nc1cccc2ccccc12)C(Cl)(Cl)Cl. The number of fused-ring (bicyclic) bond motifs is 1. The Bertz CT molecular complexity index is 700. The smallest absolute Gasteiger partial charge is 0.228 e. The van der Waals surface area contributed by atoms with Crippen molar-refractivity contribution in [3.63, 3.8) is 0 Å². The lowest BCUT2D eigenvalue weighted by Crippen LogP contribution is -2.52. The molecule has 0 saturated carbocycles. The van der Waals surface area contributed by atoms with E-state index < -0.39 is 15.4 Å². The molecule has 0 spiro atoms. The van der Waals surface area contributed by atoms with E-state index >= 15 is 0 Å². The van der Waals surface area contributed by atoms with Crippen molar-refractivity contribution < 1.29 is 4.79 Å². The topological polar surface area (TPSA) is 41.1 Å². The first-order valence-corrected chi connectivity index (χ1v) is 8.34. The van der Waals surface area contributed by atoms with Gasteiger partial charge in [-0.3, -0.25) is 4.79 Å². The molecule has 0 aliphatic heterocycles. The minimum atomic E-state index is -1.70. The van der Waals surface area contributed by atoms with E-state index in [0.717, 1.165) is 16.5 Å². The fourth-order valence-electron chi connectivity index (χ4n) is 2.05. The number of carbonyl (C=O) groups is 1. The van der Waals surface area contributed by atoms with E-state index in [1.165, 1.54) is 0 Å². The molecule has 2 rings (SSSR count). The van der Waals surface area contributed by atoms with E-state index in [9.17, 15) is 4.79 Å².